The number of hydrogen-bond donors (Lipinski definition) is 1. The minimum absolute atomic E-state index is 0.0907. The molecule has 1 aliphatic heterocycles. The number of ether oxygens (including phenoxy) is 3. The second-order valence-corrected chi connectivity index (χ2v) is 7.44. The van der Waals surface area contributed by atoms with Crippen LogP contribution < -0.4 is 24.4 Å². The van der Waals surface area contributed by atoms with E-state index in [4.69, 9.17) is 14.2 Å². The van der Waals surface area contributed by atoms with Crippen molar-refractivity contribution in [3.8, 4) is 17.2 Å². The van der Waals surface area contributed by atoms with E-state index >= 15 is 0 Å². The van der Waals surface area contributed by atoms with Crippen molar-refractivity contribution in [2.24, 2.45) is 0 Å². The van der Waals surface area contributed by atoms with Gasteiger partial charge in [-0.1, -0.05) is 18.2 Å². The van der Waals surface area contributed by atoms with Crippen molar-refractivity contribution in [2.75, 3.05) is 19.1 Å². The number of benzene rings is 3. The quantitative estimate of drug-likeness (QED) is 0.408. The van der Waals surface area contributed by atoms with Crippen LogP contribution in [0.3, 0.4) is 0 Å². The molecule has 3 aromatic rings. The molecule has 1 heterocycles. The van der Waals surface area contributed by atoms with E-state index in [1.807, 2.05) is 0 Å². The Kier molecular flexibility index (Phi) is 6.77. The van der Waals surface area contributed by atoms with Crippen molar-refractivity contribution in [1.82, 2.24) is 5.32 Å². The number of nitrogens with one attached hydrogen (secondary N) is 1. The number of imide groups is 2. The summed E-state index contributed by atoms with van der Waals surface area (Å²) >= 11 is 0. The van der Waals surface area contributed by atoms with E-state index < -0.39 is 23.7 Å². The molecule has 0 radical (unpaired) electrons. The summed E-state index contributed by atoms with van der Waals surface area (Å²) in [7, 11) is 2.97. The number of anilines is 1. The first-order chi connectivity index (χ1) is 16.9. The summed E-state index contributed by atoms with van der Waals surface area (Å²) in [6, 6.07) is 16.3. The molecule has 1 N–H and O–H groups in total. The van der Waals surface area contributed by atoms with Crippen LogP contribution in [0.4, 0.5) is 14.9 Å². The maximum absolute atomic E-state index is 14.0. The zero-order valence-electron chi connectivity index (χ0n) is 18.9. The number of rotatable bonds is 7. The number of carbonyl (C=O) groups is 3. The summed E-state index contributed by atoms with van der Waals surface area (Å²) in [5.41, 5.74) is 0.681. The average Bonchev–Trinajstić information content (AvgIpc) is 2.86. The van der Waals surface area contributed by atoms with Gasteiger partial charge in [0.25, 0.3) is 11.8 Å². The number of carbonyl (C=O) groups excluding carboxylic acids is 3. The first-order valence-electron chi connectivity index (χ1n) is 10.5. The molecule has 1 saturated heterocycles. The molecule has 8 nitrogen and oxygen atoms in total. The van der Waals surface area contributed by atoms with Crippen LogP contribution in [0, 0.1) is 5.82 Å². The van der Waals surface area contributed by atoms with Crippen LogP contribution in [-0.2, 0) is 16.2 Å². The lowest BCUT2D eigenvalue weighted by molar-refractivity contribution is -0.122. The van der Waals surface area contributed by atoms with Gasteiger partial charge in [-0.2, -0.15) is 0 Å². The molecule has 0 unspecified atom stereocenters. The Hall–Kier alpha value is -4.66. The SMILES string of the molecule is COc1ccc(N2C(=O)NC(=O)/C(=C\c3ccc(OC)cc3OCc3ccccc3F)C2=O)cc1. The van der Waals surface area contributed by atoms with Gasteiger partial charge in [0.1, 0.15) is 35.2 Å². The smallest absolute Gasteiger partial charge is 0.335 e. The first-order valence-corrected chi connectivity index (χ1v) is 10.5. The van der Waals surface area contributed by atoms with Crippen molar-refractivity contribution in [1.29, 1.82) is 0 Å². The van der Waals surface area contributed by atoms with Crippen molar-refractivity contribution in [2.45, 2.75) is 6.61 Å². The largest absolute Gasteiger partial charge is 0.497 e. The molecule has 1 fully saturated rings. The van der Waals surface area contributed by atoms with Crippen LogP contribution in [0.25, 0.3) is 6.08 Å². The molecule has 3 aromatic carbocycles. The highest BCUT2D eigenvalue weighted by Crippen LogP contribution is 2.30. The van der Waals surface area contributed by atoms with Crippen LogP contribution >= 0.6 is 0 Å². The van der Waals surface area contributed by atoms with Gasteiger partial charge in [0.05, 0.1) is 19.9 Å². The molecule has 0 saturated carbocycles. The lowest BCUT2D eigenvalue weighted by Crippen LogP contribution is -2.54. The molecule has 4 rings (SSSR count). The number of nitrogens with zero attached hydrogens (tertiary/aromatic N) is 1. The van der Waals surface area contributed by atoms with Gasteiger partial charge in [0.15, 0.2) is 0 Å². The van der Waals surface area contributed by atoms with Crippen LogP contribution in [0.5, 0.6) is 17.2 Å². The van der Waals surface area contributed by atoms with Crippen LogP contribution in [0.1, 0.15) is 11.1 Å². The second-order valence-electron chi connectivity index (χ2n) is 7.44. The lowest BCUT2D eigenvalue weighted by Gasteiger charge is -2.26. The van der Waals surface area contributed by atoms with Crippen LogP contribution in [-0.4, -0.2) is 32.1 Å². The molecule has 0 spiro atoms. The molecule has 178 valence electrons. The van der Waals surface area contributed by atoms with Crippen LogP contribution in [0.15, 0.2) is 72.3 Å². The number of methoxy groups -OCH3 is 2. The summed E-state index contributed by atoms with van der Waals surface area (Å²) < 4.78 is 30.2. The Bertz CT molecular complexity index is 1320. The van der Waals surface area contributed by atoms with E-state index in [9.17, 15) is 18.8 Å². The summed E-state index contributed by atoms with van der Waals surface area (Å²) in [6.45, 7) is -0.0907. The number of amides is 4. The summed E-state index contributed by atoms with van der Waals surface area (Å²) in [4.78, 5) is 39.1. The van der Waals surface area contributed by atoms with Gasteiger partial charge in [-0.15, -0.1) is 0 Å². The average molecular weight is 476 g/mol. The third-order valence-electron chi connectivity index (χ3n) is 5.29. The van der Waals surface area contributed by atoms with Gasteiger partial charge < -0.3 is 14.2 Å². The predicted octanol–water partition coefficient (Wildman–Crippen LogP) is 4.09. The maximum Gasteiger partial charge on any atom is 0.335 e. The number of hydrogen-bond acceptors (Lipinski definition) is 6. The molecular weight excluding hydrogens is 455 g/mol. The Labute approximate surface area is 200 Å². The monoisotopic (exact) mass is 476 g/mol. The standard InChI is InChI=1S/C26H21FN2O6/c1-33-19-11-8-18(9-12-19)29-25(31)21(24(30)28-26(29)32)13-16-7-10-20(34-2)14-23(16)35-15-17-5-3-4-6-22(17)27/h3-14H,15H2,1-2H3,(H,28,30,32)/b21-13+. The van der Waals surface area contributed by atoms with E-state index in [1.165, 1.54) is 38.5 Å². The van der Waals surface area contributed by atoms with Gasteiger partial charge in [-0.3, -0.25) is 14.9 Å². The maximum atomic E-state index is 14.0. The number of halogens is 1. The highest BCUT2D eigenvalue weighted by Gasteiger charge is 2.37. The molecule has 0 atom stereocenters. The zero-order valence-corrected chi connectivity index (χ0v) is 18.9. The Morgan fingerprint density at radius 3 is 2.29 bits per heavy atom. The second kappa shape index (κ2) is 10.1. The Morgan fingerprint density at radius 2 is 1.60 bits per heavy atom. The minimum atomic E-state index is -0.868. The van der Waals surface area contributed by atoms with Gasteiger partial charge in [-0.05, 0) is 48.5 Å². The molecular formula is C26H21FN2O6. The summed E-state index contributed by atoms with van der Waals surface area (Å²) in [5.74, 6) is -0.815. The third kappa shape index (κ3) is 4.98. The topological polar surface area (TPSA) is 94.2 Å². The van der Waals surface area contributed by atoms with Gasteiger partial charge >= 0.3 is 6.03 Å². The fourth-order valence-corrected chi connectivity index (χ4v) is 3.44. The first kappa shape index (κ1) is 23.5. The lowest BCUT2D eigenvalue weighted by atomic mass is 10.1. The highest BCUT2D eigenvalue weighted by molar-refractivity contribution is 6.39. The van der Waals surface area contributed by atoms with Gasteiger partial charge in [0.2, 0.25) is 0 Å². The molecule has 4 amide bonds. The molecule has 0 aliphatic carbocycles. The van der Waals surface area contributed by atoms with Crippen molar-refractivity contribution in [3.05, 3.63) is 89.2 Å². The Balaban J connectivity index is 1.68. The number of barbiturate groups is 1. The van der Waals surface area contributed by atoms with Crippen molar-refractivity contribution < 1.29 is 33.0 Å². The highest BCUT2D eigenvalue weighted by atomic mass is 19.1. The van der Waals surface area contributed by atoms with Crippen LogP contribution in [0.2, 0.25) is 0 Å². The zero-order chi connectivity index (χ0) is 24.9. The fourth-order valence-electron chi connectivity index (χ4n) is 3.44. The van der Waals surface area contributed by atoms with E-state index in [2.05, 4.69) is 5.32 Å². The molecule has 35 heavy (non-hydrogen) atoms. The van der Waals surface area contributed by atoms with Gasteiger partial charge in [-0.25, -0.2) is 14.1 Å². The minimum Gasteiger partial charge on any atom is -0.497 e. The summed E-state index contributed by atoms with van der Waals surface area (Å²) in [5, 5.41) is 2.18. The van der Waals surface area contributed by atoms with Crippen molar-refractivity contribution >= 4 is 29.6 Å². The third-order valence-corrected chi connectivity index (χ3v) is 5.29. The normalized spacial score (nSPS) is 14.7. The van der Waals surface area contributed by atoms with Gasteiger partial charge in [0, 0.05) is 17.2 Å². The molecule has 1 aliphatic rings. The molecule has 0 aromatic heterocycles. The van der Waals surface area contributed by atoms with Crippen molar-refractivity contribution in [3.63, 3.8) is 0 Å². The molecule has 9 heteroatoms. The van der Waals surface area contributed by atoms with E-state index in [1.54, 1.807) is 48.5 Å². The van der Waals surface area contributed by atoms with E-state index in [0.717, 1.165) is 4.90 Å². The number of urea groups is 1. The predicted molar refractivity (Wildman–Crippen MR) is 126 cm³/mol. The Morgan fingerprint density at radius 1 is 0.914 bits per heavy atom. The van der Waals surface area contributed by atoms with E-state index in [0.29, 0.717) is 22.6 Å². The summed E-state index contributed by atoms with van der Waals surface area (Å²) in [6.07, 6.45) is 1.32. The molecule has 0 bridgehead atoms. The fraction of sp³-hybridized carbons (Fsp3) is 0.115. The van der Waals surface area contributed by atoms with E-state index in [-0.39, 0.29) is 23.6 Å².